The van der Waals surface area contributed by atoms with E-state index in [9.17, 15) is 25.9 Å². The topological polar surface area (TPSA) is 145 Å². The number of anilines is 4. The molecule has 0 radical (unpaired) electrons. The second kappa shape index (κ2) is 40.4. The molecule has 2 heterocycles. The van der Waals surface area contributed by atoms with Crippen LogP contribution in [0.2, 0.25) is 0 Å². The Morgan fingerprint density at radius 2 is 0.620 bits per heavy atom. The van der Waals surface area contributed by atoms with E-state index in [1.165, 1.54) is 241 Å². The number of nitrogens with zero attached hydrogens (tertiary/aromatic N) is 2. The molecule has 2 unspecified atom stereocenters. The average Bonchev–Trinajstić information content (AvgIpc) is 4.07. The third-order valence-corrected chi connectivity index (χ3v) is 17.7. The van der Waals surface area contributed by atoms with Crippen LogP contribution in [0.15, 0.2) is 107 Å². The fourth-order valence-corrected chi connectivity index (χ4v) is 12.4. The Hall–Kier alpha value is -2.84. The van der Waals surface area contributed by atoms with Gasteiger partial charge in [0.1, 0.15) is 20.2 Å². The molecule has 0 fully saturated rings. The summed E-state index contributed by atoms with van der Waals surface area (Å²) < 4.78 is 69.2. The van der Waals surface area contributed by atoms with E-state index in [0.717, 1.165) is 61.5 Å². The van der Waals surface area contributed by atoms with Gasteiger partial charge in [-0.05, 0) is 73.2 Å². The quantitative estimate of drug-likeness (QED) is 0.0250. The van der Waals surface area contributed by atoms with Crippen molar-refractivity contribution >= 4 is 80.7 Å². The second-order valence-corrected chi connectivity index (χ2v) is 25.5. The number of benzene rings is 4. The van der Waals surface area contributed by atoms with Gasteiger partial charge >= 0.3 is 37.7 Å². The smallest absolute Gasteiger partial charge is 0.744 e. The second-order valence-electron chi connectivity index (χ2n) is 22.7. The van der Waals surface area contributed by atoms with Gasteiger partial charge in [-0.1, -0.05) is 280 Å². The van der Waals surface area contributed by atoms with Crippen molar-refractivity contribution in [1.29, 1.82) is 0 Å². The van der Waals surface area contributed by atoms with Gasteiger partial charge in [0.25, 0.3) is 0 Å². The fourth-order valence-electron chi connectivity index (χ4n) is 11.5. The van der Waals surface area contributed by atoms with Crippen LogP contribution in [0.25, 0.3) is 0 Å². The normalized spacial score (nSPS) is 14.7. The summed E-state index contributed by atoms with van der Waals surface area (Å²) in [6.45, 7) is 6.05. The maximum absolute atomic E-state index is 11.5. The Bertz CT molecular complexity index is 2260. The summed E-state index contributed by atoms with van der Waals surface area (Å²) >= 11 is 0. The van der Waals surface area contributed by atoms with Gasteiger partial charge < -0.3 is 29.5 Å². The minimum atomic E-state index is -4.47. The summed E-state index contributed by atoms with van der Waals surface area (Å²) in [5, 5.41) is 6.99. The summed E-state index contributed by atoms with van der Waals surface area (Å²) in [7, 11) is -8.94. The molecule has 0 saturated carbocycles. The molecule has 0 aromatic heterocycles. The molecule has 6 rings (SSSR count). The first-order chi connectivity index (χ1) is 38.0. The standard InChI is InChI=1S/2C33H52N2O3S.Ca/c2*1-2-3-4-5-6-7-8-9-10-11-12-13-14-15-16-17-21-24-33-34-31-27-30(39(36,37)38)25-26-32(31)35(33)28-29-22-19-18-20-23-29;/h2*18-20,22-23,25-27,33-34H,2-17,21,24,28H2,1H3,(H,36,37,38);/q;;+2/p-2. The molecule has 79 heavy (non-hydrogen) atoms. The first kappa shape index (κ1) is 68.7. The van der Waals surface area contributed by atoms with E-state index in [-0.39, 0.29) is 59.9 Å². The van der Waals surface area contributed by atoms with Crippen molar-refractivity contribution in [1.82, 2.24) is 0 Å². The number of hydrogen-bond acceptors (Lipinski definition) is 10. The van der Waals surface area contributed by atoms with Crippen LogP contribution in [0, 0.1) is 0 Å². The van der Waals surface area contributed by atoms with Gasteiger partial charge in [0.05, 0.1) is 44.9 Å². The molecule has 436 valence electrons. The van der Waals surface area contributed by atoms with E-state index in [1.54, 1.807) is 12.1 Å². The van der Waals surface area contributed by atoms with E-state index >= 15 is 0 Å². The third kappa shape index (κ3) is 27.4. The SMILES string of the molecule is CCCCCCCCCCCCCCCCCCCC1Nc2cc(S(=O)(=O)[O-])ccc2N1Cc1ccccc1.CCCCCCCCCCCCCCCCCCCC1Nc2cc(S(=O)(=O)[O-])ccc2N1Cc1ccccc1.[Ca+2]. The molecular formula is C66H102CaN4O6S2. The average molecular weight is 1150 g/mol. The molecule has 2 atom stereocenters. The van der Waals surface area contributed by atoms with E-state index in [0.29, 0.717) is 0 Å². The fraction of sp³-hybridized carbons (Fsp3) is 0.636. The largest absolute Gasteiger partial charge is 2.00 e. The van der Waals surface area contributed by atoms with Gasteiger partial charge in [-0.25, -0.2) is 16.8 Å². The number of nitrogens with one attached hydrogen (secondary N) is 2. The van der Waals surface area contributed by atoms with Crippen LogP contribution < -0.4 is 20.4 Å². The molecule has 2 N–H and O–H groups in total. The first-order valence-corrected chi connectivity index (χ1v) is 34.1. The monoisotopic (exact) mass is 1150 g/mol. The van der Waals surface area contributed by atoms with Gasteiger partial charge in [-0.2, -0.15) is 0 Å². The maximum Gasteiger partial charge on any atom is 2.00 e. The number of fused-ring (bicyclic) bond motifs is 2. The molecule has 0 spiro atoms. The van der Waals surface area contributed by atoms with E-state index < -0.39 is 20.2 Å². The summed E-state index contributed by atoms with van der Waals surface area (Å²) in [6, 6.07) is 30.0. The van der Waals surface area contributed by atoms with Crippen LogP contribution in [-0.2, 0) is 33.3 Å². The number of unbranched alkanes of at least 4 members (excludes halogenated alkanes) is 32. The Balaban J connectivity index is 0.000000336. The van der Waals surface area contributed by atoms with Crippen molar-refractivity contribution in [2.75, 3.05) is 20.4 Å². The Kier molecular flexibility index (Phi) is 35.1. The maximum atomic E-state index is 11.5. The first-order valence-electron chi connectivity index (χ1n) is 31.3. The molecule has 0 amide bonds. The van der Waals surface area contributed by atoms with Crippen LogP contribution in [0.3, 0.4) is 0 Å². The molecule has 10 nitrogen and oxygen atoms in total. The van der Waals surface area contributed by atoms with Crippen molar-refractivity contribution in [3.63, 3.8) is 0 Å². The Morgan fingerprint density at radius 1 is 0.367 bits per heavy atom. The van der Waals surface area contributed by atoms with Crippen LogP contribution in [-0.4, -0.2) is 76.0 Å². The summed E-state index contributed by atoms with van der Waals surface area (Å²) in [4.78, 5) is 4.26. The van der Waals surface area contributed by atoms with E-state index in [1.807, 2.05) is 36.4 Å². The predicted molar refractivity (Wildman–Crippen MR) is 332 cm³/mol. The van der Waals surface area contributed by atoms with Gasteiger partial charge in [-0.15, -0.1) is 0 Å². The number of hydrogen-bond donors (Lipinski definition) is 2. The van der Waals surface area contributed by atoms with Crippen molar-refractivity contribution in [3.05, 3.63) is 108 Å². The molecular weight excluding hydrogens is 1050 g/mol. The summed E-state index contributed by atoms with van der Waals surface area (Å²) in [6.07, 6.45) is 48.4. The van der Waals surface area contributed by atoms with Crippen molar-refractivity contribution in [2.45, 2.75) is 280 Å². The molecule has 13 heteroatoms. The van der Waals surface area contributed by atoms with Crippen LogP contribution in [0.4, 0.5) is 22.7 Å². The Labute approximate surface area is 511 Å². The molecule has 4 aromatic rings. The molecule has 4 aromatic carbocycles. The van der Waals surface area contributed by atoms with Crippen molar-refractivity contribution in [2.24, 2.45) is 0 Å². The zero-order valence-electron chi connectivity index (χ0n) is 49.1. The van der Waals surface area contributed by atoms with Crippen molar-refractivity contribution < 1.29 is 25.9 Å². The molecule has 0 saturated heterocycles. The van der Waals surface area contributed by atoms with Gasteiger partial charge in [0.2, 0.25) is 0 Å². The summed E-state index contributed by atoms with van der Waals surface area (Å²) in [5.41, 5.74) is 5.81. The molecule has 0 aliphatic carbocycles. The van der Waals surface area contributed by atoms with Gasteiger partial charge in [-0.3, -0.25) is 0 Å². The molecule has 2 aliphatic rings. The Morgan fingerprint density at radius 3 is 0.873 bits per heavy atom. The van der Waals surface area contributed by atoms with Crippen LogP contribution in [0.5, 0.6) is 0 Å². The molecule has 2 aliphatic heterocycles. The van der Waals surface area contributed by atoms with Crippen LogP contribution >= 0.6 is 0 Å². The minimum absolute atomic E-state index is 0. The van der Waals surface area contributed by atoms with E-state index in [2.05, 4.69) is 58.5 Å². The van der Waals surface area contributed by atoms with Gasteiger partial charge in [0.15, 0.2) is 0 Å². The summed E-state index contributed by atoms with van der Waals surface area (Å²) in [5.74, 6) is 0. The van der Waals surface area contributed by atoms with E-state index in [4.69, 9.17) is 0 Å². The predicted octanol–water partition coefficient (Wildman–Crippen LogP) is 18.4. The molecule has 0 bridgehead atoms. The zero-order chi connectivity index (χ0) is 55.5. The van der Waals surface area contributed by atoms with Crippen molar-refractivity contribution in [3.8, 4) is 0 Å². The third-order valence-electron chi connectivity index (χ3n) is 16.1. The zero-order valence-corrected chi connectivity index (χ0v) is 53.0. The minimum Gasteiger partial charge on any atom is -0.744 e. The number of rotatable bonds is 42. The van der Waals surface area contributed by atoms with Gasteiger partial charge in [0, 0.05) is 13.1 Å². The van der Waals surface area contributed by atoms with Crippen LogP contribution in [0.1, 0.15) is 256 Å².